The number of benzene rings is 1. The van der Waals surface area contributed by atoms with Gasteiger partial charge in [0.25, 0.3) is 0 Å². The van der Waals surface area contributed by atoms with Crippen molar-refractivity contribution >= 4 is 28.9 Å². The lowest BCUT2D eigenvalue weighted by atomic mass is 10.1. The van der Waals surface area contributed by atoms with E-state index in [1.807, 2.05) is 13.0 Å². The molecule has 0 bridgehead atoms. The molecule has 2 rings (SSSR count). The van der Waals surface area contributed by atoms with Gasteiger partial charge < -0.3 is 5.32 Å². The SMILES string of the molecule is CC(Nc1cnccc1C#N)c1ccc(Cl)cc1Cl. The van der Waals surface area contributed by atoms with Crippen LogP contribution in [0.1, 0.15) is 24.1 Å². The molecule has 3 nitrogen and oxygen atoms in total. The van der Waals surface area contributed by atoms with Crippen LogP contribution < -0.4 is 5.32 Å². The van der Waals surface area contributed by atoms with Crippen molar-refractivity contribution in [1.82, 2.24) is 4.98 Å². The normalized spacial score (nSPS) is 11.7. The number of nitriles is 1. The van der Waals surface area contributed by atoms with Crippen LogP contribution in [-0.4, -0.2) is 4.98 Å². The van der Waals surface area contributed by atoms with Crippen molar-refractivity contribution in [2.24, 2.45) is 0 Å². The lowest BCUT2D eigenvalue weighted by molar-refractivity contribution is 0.882. The Morgan fingerprint density at radius 3 is 2.79 bits per heavy atom. The van der Waals surface area contributed by atoms with E-state index < -0.39 is 0 Å². The van der Waals surface area contributed by atoms with E-state index in [1.165, 1.54) is 0 Å². The predicted molar refractivity (Wildman–Crippen MR) is 77.5 cm³/mol. The van der Waals surface area contributed by atoms with Crippen molar-refractivity contribution in [1.29, 1.82) is 5.26 Å². The summed E-state index contributed by atoms with van der Waals surface area (Å²) in [5.74, 6) is 0. The van der Waals surface area contributed by atoms with Crippen LogP contribution in [0.15, 0.2) is 36.7 Å². The average Bonchev–Trinajstić information content (AvgIpc) is 2.39. The largest absolute Gasteiger partial charge is 0.376 e. The number of hydrogen-bond donors (Lipinski definition) is 1. The van der Waals surface area contributed by atoms with E-state index in [0.29, 0.717) is 21.3 Å². The molecule has 1 aromatic carbocycles. The van der Waals surface area contributed by atoms with Crippen molar-refractivity contribution in [3.05, 3.63) is 57.8 Å². The standard InChI is InChI=1S/C14H11Cl2N3/c1-9(12-3-2-11(15)6-13(12)16)19-14-8-18-5-4-10(14)7-17/h2-6,8-9,19H,1H3. The lowest BCUT2D eigenvalue weighted by Gasteiger charge is -2.17. The van der Waals surface area contributed by atoms with E-state index in [0.717, 1.165) is 5.56 Å². The quantitative estimate of drug-likeness (QED) is 0.910. The van der Waals surface area contributed by atoms with Gasteiger partial charge in [0.15, 0.2) is 0 Å². The smallest absolute Gasteiger partial charge is 0.101 e. The molecule has 0 radical (unpaired) electrons. The Kier molecular flexibility index (Phi) is 4.26. The van der Waals surface area contributed by atoms with Gasteiger partial charge in [0.05, 0.1) is 23.5 Å². The zero-order valence-electron chi connectivity index (χ0n) is 10.2. The first-order valence-corrected chi connectivity index (χ1v) is 6.43. The summed E-state index contributed by atoms with van der Waals surface area (Å²) >= 11 is 12.0. The van der Waals surface area contributed by atoms with Crippen LogP contribution in [0.25, 0.3) is 0 Å². The van der Waals surface area contributed by atoms with Gasteiger partial charge in [-0.15, -0.1) is 0 Å². The predicted octanol–water partition coefficient (Wildman–Crippen LogP) is 4.43. The minimum Gasteiger partial charge on any atom is -0.376 e. The Labute approximate surface area is 121 Å². The summed E-state index contributed by atoms with van der Waals surface area (Å²) in [5.41, 5.74) is 2.15. The lowest BCUT2D eigenvalue weighted by Crippen LogP contribution is -2.08. The molecule has 1 aromatic heterocycles. The zero-order chi connectivity index (χ0) is 13.8. The number of nitrogens with zero attached hydrogens (tertiary/aromatic N) is 2. The Morgan fingerprint density at radius 1 is 1.32 bits per heavy atom. The van der Waals surface area contributed by atoms with E-state index in [-0.39, 0.29) is 6.04 Å². The molecule has 0 spiro atoms. The number of rotatable bonds is 3. The number of pyridine rings is 1. The summed E-state index contributed by atoms with van der Waals surface area (Å²) in [5, 5.41) is 13.4. The first kappa shape index (κ1) is 13.7. The minimum absolute atomic E-state index is 0.0546. The van der Waals surface area contributed by atoms with Crippen LogP contribution >= 0.6 is 23.2 Å². The maximum Gasteiger partial charge on any atom is 0.101 e. The number of anilines is 1. The van der Waals surface area contributed by atoms with Crippen molar-refractivity contribution < 1.29 is 0 Å². The van der Waals surface area contributed by atoms with Crippen LogP contribution in [-0.2, 0) is 0 Å². The van der Waals surface area contributed by atoms with Gasteiger partial charge in [-0.05, 0) is 30.7 Å². The molecule has 0 aliphatic rings. The van der Waals surface area contributed by atoms with Crippen LogP contribution in [0, 0.1) is 11.3 Å². The van der Waals surface area contributed by atoms with Crippen molar-refractivity contribution in [2.75, 3.05) is 5.32 Å². The molecule has 0 saturated carbocycles. The Morgan fingerprint density at radius 2 is 2.11 bits per heavy atom. The molecule has 0 aliphatic heterocycles. The minimum atomic E-state index is -0.0546. The van der Waals surface area contributed by atoms with Crippen molar-refractivity contribution in [3.63, 3.8) is 0 Å². The summed E-state index contributed by atoms with van der Waals surface area (Å²) in [6.45, 7) is 1.96. The topological polar surface area (TPSA) is 48.7 Å². The highest BCUT2D eigenvalue weighted by molar-refractivity contribution is 6.35. The van der Waals surface area contributed by atoms with Crippen LogP contribution in [0.4, 0.5) is 5.69 Å². The first-order chi connectivity index (χ1) is 9.11. The molecule has 2 aromatic rings. The number of halogens is 2. The third-order valence-electron chi connectivity index (χ3n) is 2.74. The van der Waals surface area contributed by atoms with Gasteiger partial charge in [0.2, 0.25) is 0 Å². The van der Waals surface area contributed by atoms with Crippen molar-refractivity contribution in [3.8, 4) is 6.07 Å². The maximum absolute atomic E-state index is 9.03. The molecule has 96 valence electrons. The van der Waals surface area contributed by atoms with E-state index in [1.54, 1.807) is 30.6 Å². The molecule has 1 heterocycles. The Balaban J connectivity index is 2.26. The van der Waals surface area contributed by atoms with Gasteiger partial charge in [0, 0.05) is 16.2 Å². The van der Waals surface area contributed by atoms with Crippen LogP contribution in [0.2, 0.25) is 10.0 Å². The fourth-order valence-corrected chi connectivity index (χ4v) is 2.34. The van der Waals surface area contributed by atoms with E-state index >= 15 is 0 Å². The average molecular weight is 292 g/mol. The molecule has 0 saturated heterocycles. The first-order valence-electron chi connectivity index (χ1n) is 5.67. The summed E-state index contributed by atoms with van der Waals surface area (Å²) in [4.78, 5) is 4.01. The molecule has 0 amide bonds. The number of aromatic nitrogens is 1. The van der Waals surface area contributed by atoms with E-state index in [2.05, 4.69) is 16.4 Å². The monoisotopic (exact) mass is 291 g/mol. The summed E-state index contributed by atoms with van der Waals surface area (Å²) in [6.07, 6.45) is 3.21. The van der Waals surface area contributed by atoms with Gasteiger partial charge in [-0.2, -0.15) is 5.26 Å². The summed E-state index contributed by atoms with van der Waals surface area (Å²) < 4.78 is 0. The second-order valence-electron chi connectivity index (χ2n) is 4.06. The van der Waals surface area contributed by atoms with Crippen molar-refractivity contribution in [2.45, 2.75) is 13.0 Å². The maximum atomic E-state index is 9.03. The molecular formula is C14H11Cl2N3. The van der Waals surface area contributed by atoms with Crippen LogP contribution in [0.5, 0.6) is 0 Å². The van der Waals surface area contributed by atoms with E-state index in [4.69, 9.17) is 28.5 Å². The molecule has 1 N–H and O–H groups in total. The van der Waals surface area contributed by atoms with Crippen LogP contribution in [0.3, 0.4) is 0 Å². The summed E-state index contributed by atoms with van der Waals surface area (Å²) in [6, 6.07) is 9.08. The van der Waals surface area contributed by atoms with Gasteiger partial charge >= 0.3 is 0 Å². The van der Waals surface area contributed by atoms with E-state index in [9.17, 15) is 0 Å². The highest BCUT2D eigenvalue weighted by Crippen LogP contribution is 2.29. The molecule has 1 atom stereocenters. The Bertz CT molecular complexity index is 635. The third kappa shape index (κ3) is 3.17. The molecule has 0 fully saturated rings. The van der Waals surface area contributed by atoms with Gasteiger partial charge in [0.1, 0.15) is 6.07 Å². The van der Waals surface area contributed by atoms with Gasteiger partial charge in [-0.3, -0.25) is 4.98 Å². The fraction of sp³-hybridized carbons (Fsp3) is 0.143. The second-order valence-corrected chi connectivity index (χ2v) is 4.91. The zero-order valence-corrected chi connectivity index (χ0v) is 11.7. The number of hydrogen-bond acceptors (Lipinski definition) is 3. The highest BCUT2D eigenvalue weighted by Gasteiger charge is 2.11. The fourth-order valence-electron chi connectivity index (χ4n) is 1.77. The second kappa shape index (κ2) is 5.92. The molecule has 1 unspecified atom stereocenters. The Hall–Kier alpha value is -1.76. The third-order valence-corrected chi connectivity index (χ3v) is 3.30. The molecule has 19 heavy (non-hydrogen) atoms. The highest BCUT2D eigenvalue weighted by atomic mass is 35.5. The molecule has 5 heteroatoms. The summed E-state index contributed by atoms with van der Waals surface area (Å²) in [7, 11) is 0. The molecule has 0 aliphatic carbocycles. The number of nitrogens with one attached hydrogen (secondary N) is 1. The molecular weight excluding hydrogens is 281 g/mol. The van der Waals surface area contributed by atoms with Gasteiger partial charge in [-0.25, -0.2) is 0 Å². The van der Waals surface area contributed by atoms with Gasteiger partial charge in [-0.1, -0.05) is 29.3 Å².